The maximum Gasteiger partial charge on any atom is 0.335 e. The smallest absolute Gasteiger partial charge is 0.335 e. The van der Waals surface area contributed by atoms with Gasteiger partial charge in [-0.2, -0.15) is 5.26 Å². The molecule has 3 rings (SSSR count). The number of benzene rings is 1. The summed E-state index contributed by atoms with van der Waals surface area (Å²) in [4.78, 5) is 25.5. The second-order valence-electron chi connectivity index (χ2n) is 5.97. The molecule has 0 unspecified atom stereocenters. The molecule has 2 aromatic rings. The lowest BCUT2D eigenvalue weighted by Crippen LogP contribution is -2.33. The summed E-state index contributed by atoms with van der Waals surface area (Å²) in [5.41, 5.74) is 8.49. The van der Waals surface area contributed by atoms with E-state index < -0.39 is 5.97 Å². The summed E-state index contributed by atoms with van der Waals surface area (Å²) in [7, 11) is 2.06. The van der Waals surface area contributed by atoms with Crippen LogP contribution in [0, 0.1) is 11.3 Å². The van der Waals surface area contributed by atoms with E-state index in [1.165, 1.54) is 18.8 Å². The minimum absolute atomic E-state index is 0.386. The van der Waals surface area contributed by atoms with Crippen molar-refractivity contribution in [1.82, 2.24) is 4.98 Å². The normalized spacial score (nSPS) is 14.3. The number of pyridine rings is 1. The Morgan fingerprint density at radius 3 is 2.59 bits per heavy atom. The third-order valence-electron chi connectivity index (χ3n) is 4.11. The van der Waals surface area contributed by atoms with Crippen LogP contribution in [0.2, 0.25) is 0 Å². The van der Waals surface area contributed by atoms with Crippen LogP contribution in [0.5, 0.6) is 0 Å². The number of carbonyl (C=O) groups excluding carboxylic acids is 1. The van der Waals surface area contributed by atoms with E-state index >= 15 is 0 Å². The minimum atomic E-state index is -0.848. The zero-order chi connectivity index (χ0) is 20.4. The molecule has 1 aromatic carbocycles. The van der Waals surface area contributed by atoms with E-state index in [-0.39, 0.29) is 0 Å². The van der Waals surface area contributed by atoms with Gasteiger partial charge in [-0.05, 0) is 62.6 Å². The molecular formula is C20H24N4O3. The third kappa shape index (κ3) is 6.44. The average Bonchev–Trinajstić information content (AvgIpc) is 2.66. The van der Waals surface area contributed by atoms with Crippen LogP contribution in [-0.2, 0) is 11.2 Å². The van der Waals surface area contributed by atoms with Crippen molar-refractivity contribution in [2.45, 2.75) is 32.7 Å². The third-order valence-corrected chi connectivity index (χ3v) is 4.11. The van der Waals surface area contributed by atoms with Crippen LogP contribution in [0.3, 0.4) is 0 Å². The quantitative estimate of drug-likeness (QED) is 0.742. The van der Waals surface area contributed by atoms with E-state index in [1.54, 1.807) is 24.3 Å². The Balaban J connectivity index is 0.000000259. The van der Waals surface area contributed by atoms with E-state index in [1.807, 2.05) is 12.1 Å². The summed E-state index contributed by atoms with van der Waals surface area (Å²) in [5.74, 6) is -0.409. The first-order valence-corrected chi connectivity index (χ1v) is 8.44. The van der Waals surface area contributed by atoms with E-state index in [0.717, 1.165) is 24.7 Å². The number of aromatic carboxylic acids is 1. The van der Waals surface area contributed by atoms with Crippen LogP contribution in [0.15, 0.2) is 36.5 Å². The molecule has 0 aliphatic carbocycles. The predicted octanol–water partition coefficient (Wildman–Crippen LogP) is 2.90. The lowest BCUT2D eigenvalue weighted by molar-refractivity contribution is -0.106. The number of carboxylic acids is 1. The van der Waals surface area contributed by atoms with E-state index in [2.05, 4.69) is 23.9 Å². The van der Waals surface area contributed by atoms with Crippen molar-refractivity contribution in [2.75, 3.05) is 17.7 Å². The van der Waals surface area contributed by atoms with Gasteiger partial charge in [0.25, 0.3) is 0 Å². The Hall–Kier alpha value is -3.40. The van der Waals surface area contributed by atoms with Gasteiger partial charge in [0.2, 0.25) is 0 Å². The SMILES string of the molecule is CC=O.C[C@H]1CCc2cc(C(=O)O)ccc2N1C.N#Cc1ccc(N)nc1. The van der Waals surface area contributed by atoms with Crippen LogP contribution >= 0.6 is 0 Å². The fourth-order valence-electron chi connectivity index (χ4n) is 2.53. The highest BCUT2D eigenvalue weighted by atomic mass is 16.4. The van der Waals surface area contributed by atoms with Gasteiger partial charge >= 0.3 is 5.97 Å². The van der Waals surface area contributed by atoms with Crippen LogP contribution < -0.4 is 10.6 Å². The molecule has 1 aliphatic rings. The number of nitrogens with zero attached hydrogens (tertiary/aromatic N) is 3. The number of anilines is 2. The number of nitrogens with two attached hydrogens (primary N) is 1. The molecule has 0 radical (unpaired) electrons. The lowest BCUT2D eigenvalue weighted by Gasteiger charge is -2.33. The van der Waals surface area contributed by atoms with Crippen molar-refractivity contribution in [2.24, 2.45) is 0 Å². The maximum atomic E-state index is 10.8. The van der Waals surface area contributed by atoms with Crippen LogP contribution in [-0.4, -0.2) is 35.4 Å². The molecule has 0 saturated heterocycles. The van der Waals surface area contributed by atoms with Gasteiger partial charge in [0.15, 0.2) is 0 Å². The Morgan fingerprint density at radius 1 is 1.41 bits per heavy atom. The molecule has 1 aromatic heterocycles. The molecule has 0 bridgehead atoms. The molecule has 1 atom stereocenters. The van der Waals surface area contributed by atoms with Crippen molar-refractivity contribution in [3.05, 3.63) is 53.2 Å². The summed E-state index contributed by atoms with van der Waals surface area (Å²) >= 11 is 0. The Labute approximate surface area is 159 Å². The number of aldehydes is 1. The van der Waals surface area contributed by atoms with Crippen LogP contribution in [0.1, 0.15) is 41.8 Å². The lowest BCUT2D eigenvalue weighted by atomic mass is 9.95. The highest BCUT2D eigenvalue weighted by Gasteiger charge is 2.20. The summed E-state index contributed by atoms with van der Waals surface area (Å²) in [6, 6.07) is 11.1. The van der Waals surface area contributed by atoms with Gasteiger partial charge in [-0.15, -0.1) is 0 Å². The summed E-state index contributed by atoms with van der Waals surface area (Å²) in [5, 5.41) is 17.2. The Bertz CT molecular complexity index is 813. The number of carboxylic acid groups (broad SMARTS) is 1. The van der Waals surface area contributed by atoms with Gasteiger partial charge in [-0.3, -0.25) is 0 Å². The number of fused-ring (bicyclic) bond motifs is 1. The molecule has 0 amide bonds. The van der Waals surface area contributed by atoms with Crippen molar-refractivity contribution in [3.63, 3.8) is 0 Å². The topological polar surface area (TPSA) is 120 Å². The van der Waals surface area contributed by atoms with E-state index in [4.69, 9.17) is 20.9 Å². The van der Waals surface area contributed by atoms with Crippen LogP contribution in [0.25, 0.3) is 0 Å². The fourth-order valence-corrected chi connectivity index (χ4v) is 2.53. The molecule has 1 aliphatic heterocycles. The number of hydrogen-bond donors (Lipinski definition) is 2. The average molecular weight is 368 g/mol. The fraction of sp³-hybridized carbons (Fsp3) is 0.300. The zero-order valence-corrected chi connectivity index (χ0v) is 15.7. The van der Waals surface area contributed by atoms with Gasteiger partial charge in [-0.25, -0.2) is 9.78 Å². The number of rotatable bonds is 1. The summed E-state index contributed by atoms with van der Waals surface area (Å²) in [6.07, 6.45) is 4.25. The highest BCUT2D eigenvalue weighted by molar-refractivity contribution is 5.88. The summed E-state index contributed by atoms with van der Waals surface area (Å²) in [6.45, 7) is 3.63. The number of nitriles is 1. The minimum Gasteiger partial charge on any atom is -0.478 e. The second-order valence-corrected chi connectivity index (χ2v) is 5.97. The molecule has 142 valence electrons. The van der Waals surface area contributed by atoms with Gasteiger partial charge in [0.05, 0.1) is 11.1 Å². The number of aryl methyl sites for hydroxylation is 1. The van der Waals surface area contributed by atoms with Crippen molar-refractivity contribution in [3.8, 4) is 6.07 Å². The van der Waals surface area contributed by atoms with E-state index in [0.29, 0.717) is 23.0 Å². The Morgan fingerprint density at radius 2 is 2.07 bits per heavy atom. The largest absolute Gasteiger partial charge is 0.478 e. The monoisotopic (exact) mass is 368 g/mol. The molecule has 0 spiro atoms. The number of carbonyl (C=O) groups is 2. The molecule has 3 N–H and O–H groups in total. The first-order valence-electron chi connectivity index (χ1n) is 8.44. The number of hydrogen-bond acceptors (Lipinski definition) is 6. The zero-order valence-electron chi connectivity index (χ0n) is 15.7. The van der Waals surface area contributed by atoms with Gasteiger partial charge in [0, 0.05) is 25.0 Å². The van der Waals surface area contributed by atoms with Crippen molar-refractivity contribution >= 4 is 23.8 Å². The summed E-state index contributed by atoms with van der Waals surface area (Å²) < 4.78 is 0. The second kappa shape index (κ2) is 10.6. The molecule has 0 saturated carbocycles. The van der Waals surface area contributed by atoms with Gasteiger partial charge in [-0.1, -0.05) is 0 Å². The number of aromatic nitrogens is 1. The standard InChI is InChI=1S/C12H15NO2.C6H5N3.C2H4O/c1-8-3-4-9-7-10(12(14)15)5-6-11(9)13(8)2;7-3-5-1-2-6(8)9-4-5;1-2-3/h5-8H,3-4H2,1-2H3,(H,14,15);1-2,4H,(H2,8,9);2H,1H3/t8-;;/m0../s1. The molecular weight excluding hydrogens is 344 g/mol. The van der Waals surface area contributed by atoms with Crippen molar-refractivity contribution < 1.29 is 14.7 Å². The van der Waals surface area contributed by atoms with Crippen LogP contribution in [0.4, 0.5) is 11.5 Å². The van der Waals surface area contributed by atoms with Crippen molar-refractivity contribution in [1.29, 1.82) is 5.26 Å². The Kier molecular flexibility index (Phi) is 8.46. The molecule has 2 heterocycles. The molecule has 0 fully saturated rings. The number of nitrogen functional groups attached to an aromatic ring is 1. The van der Waals surface area contributed by atoms with Gasteiger partial charge < -0.3 is 20.5 Å². The highest BCUT2D eigenvalue weighted by Crippen LogP contribution is 2.29. The molecule has 27 heavy (non-hydrogen) atoms. The molecule has 7 nitrogen and oxygen atoms in total. The first-order chi connectivity index (χ1) is 12.8. The predicted molar refractivity (Wildman–Crippen MR) is 105 cm³/mol. The maximum absolute atomic E-state index is 10.8. The van der Waals surface area contributed by atoms with Gasteiger partial charge in [0.1, 0.15) is 18.2 Å². The molecule has 7 heteroatoms. The van der Waals surface area contributed by atoms with E-state index in [9.17, 15) is 4.79 Å². The first kappa shape index (κ1) is 21.6.